The summed E-state index contributed by atoms with van der Waals surface area (Å²) >= 11 is 0. The fourth-order valence-electron chi connectivity index (χ4n) is 2.16. The van der Waals surface area contributed by atoms with Crippen molar-refractivity contribution in [3.8, 4) is 0 Å². The van der Waals surface area contributed by atoms with Crippen molar-refractivity contribution in [2.24, 2.45) is 0 Å². The normalized spacial score (nSPS) is 10.3. The maximum absolute atomic E-state index is 11.9. The van der Waals surface area contributed by atoms with E-state index in [4.69, 9.17) is 0 Å². The van der Waals surface area contributed by atoms with E-state index in [0.717, 1.165) is 11.1 Å². The van der Waals surface area contributed by atoms with Gasteiger partial charge in [-0.15, -0.1) is 5.10 Å². The van der Waals surface area contributed by atoms with Gasteiger partial charge in [0.25, 0.3) is 0 Å². The van der Waals surface area contributed by atoms with E-state index in [1.165, 1.54) is 0 Å². The molecule has 7 nitrogen and oxygen atoms in total. The predicted octanol–water partition coefficient (Wildman–Crippen LogP) is 2.04. The van der Waals surface area contributed by atoms with E-state index >= 15 is 0 Å². The molecule has 0 saturated carbocycles. The zero-order chi connectivity index (χ0) is 15.9. The van der Waals surface area contributed by atoms with Gasteiger partial charge in [0.2, 0.25) is 0 Å². The van der Waals surface area contributed by atoms with Gasteiger partial charge in [-0.05, 0) is 29.3 Å². The van der Waals surface area contributed by atoms with Gasteiger partial charge in [0, 0.05) is 25.1 Å². The van der Waals surface area contributed by atoms with Gasteiger partial charge in [-0.25, -0.2) is 4.79 Å². The zero-order valence-electron chi connectivity index (χ0n) is 12.4. The maximum Gasteiger partial charge on any atom is 0.320 e. The van der Waals surface area contributed by atoms with Crippen LogP contribution in [0.5, 0.6) is 0 Å². The Morgan fingerprint density at radius 3 is 2.65 bits per heavy atom. The third-order valence-corrected chi connectivity index (χ3v) is 3.26. The van der Waals surface area contributed by atoms with Gasteiger partial charge < -0.3 is 5.32 Å². The Morgan fingerprint density at radius 1 is 1.04 bits per heavy atom. The number of carbonyl (C=O) groups is 1. The van der Waals surface area contributed by atoms with Crippen LogP contribution in [-0.4, -0.2) is 26.0 Å². The molecule has 3 aromatic rings. The van der Waals surface area contributed by atoms with E-state index in [2.05, 4.69) is 25.9 Å². The molecule has 0 fully saturated rings. The van der Waals surface area contributed by atoms with Crippen LogP contribution in [0, 0.1) is 0 Å². The topological polar surface area (TPSA) is 84.7 Å². The second-order valence-electron chi connectivity index (χ2n) is 4.89. The first-order valence-corrected chi connectivity index (χ1v) is 7.18. The minimum Gasteiger partial charge on any atom is -0.334 e. The number of aromatic nitrogens is 4. The van der Waals surface area contributed by atoms with Crippen LogP contribution < -0.4 is 10.6 Å². The Bertz CT molecular complexity index is 757. The highest BCUT2D eigenvalue weighted by Crippen LogP contribution is 2.10. The minimum atomic E-state index is -0.320. The minimum absolute atomic E-state index is 0.320. The van der Waals surface area contributed by atoms with Crippen LogP contribution in [0.25, 0.3) is 0 Å². The van der Waals surface area contributed by atoms with Gasteiger partial charge in [-0.2, -0.15) is 10.2 Å². The van der Waals surface area contributed by atoms with Gasteiger partial charge in [-0.3, -0.25) is 10.00 Å². The number of hydrogen-bond acceptors (Lipinski definition) is 4. The van der Waals surface area contributed by atoms with Crippen LogP contribution >= 0.6 is 0 Å². The zero-order valence-corrected chi connectivity index (χ0v) is 12.4. The summed E-state index contributed by atoms with van der Waals surface area (Å²) in [6, 6.07) is 12.9. The number of anilines is 1. The fourth-order valence-corrected chi connectivity index (χ4v) is 2.16. The molecule has 0 aliphatic carbocycles. The number of carbonyl (C=O) groups excluding carboxylic acids is 1. The summed E-state index contributed by atoms with van der Waals surface area (Å²) in [7, 11) is 0. The predicted molar refractivity (Wildman–Crippen MR) is 85.7 cm³/mol. The van der Waals surface area contributed by atoms with Crippen molar-refractivity contribution in [2.75, 3.05) is 5.32 Å². The van der Waals surface area contributed by atoms with E-state index in [1.54, 1.807) is 24.5 Å². The highest BCUT2D eigenvalue weighted by Gasteiger charge is 2.06. The van der Waals surface area contributed by atoms with Crippen LogP contribution in [-0.2, 0) is 13.1 Å². The summed E-state index contributed by atoms with van der Waals surface area (Å²) in [6.07, 6.45) is 5.20. The van der Waals surface area contributed by atoms with Gasteiger partial charge in [0.15, 0.2) is 5.82 Å². The number of nitrogens with zero attached hydrogens (tertiary/aromatic N) is 4. The van der Waals surface area contributed by atoms with Gasteiger partial charge in [-0.1, -0.05) is 24.3 Å². The van der Waals surface area contributed by atoms with E-state index in [1.807, 2.05) is 41.2 Å². The molecule has 23 heavy (non-hydrogen) atoms. The van der Waals surface area contributed by atoms with Crippen molar-refractivity contribution in [3.05, 3.63) is 72.2 Å². The van der Waals surface area contributed by atoms with Crippen molar-refractivity contribution in [2.45, 2.75) is 13.1 Å². The van der Waals surface area contributed by atoms with E-state index in [-0.39, 0.29) is 6.03 Å². The van der Waals surface area contributed by atoms with Crippen molar-refractivity contribution in [1.29, 1.82) is 0 Å². The van der Waals surface area contributed by atoms with Gasteiger partial charge >= 0.3 is 6.03 Å². The van der Waals surface area contributed by atoms with Crippen LogP contribution in [0.15, 0.2) is 61.1 Å². The highest BCUT2D eigenvalue weighted by atomic mass is 16.2. The standard InChI is InChI=1S/C16H16N6O/c23-16(20-15-7-3-8-18-21-15)17-11-13-5-1-2-6-14(13)12-22-10-4-9-19-22/h1-10H,11-12H2,(H2,17,20,21,23). The van der Waals surface area contributed by atoms with Crippen molar-refractivity contribution < 1.29 is 4.79 Å². The van der Waals surface area contributed by atoms with Crippen LogP contribution in [0.3, 0.4) is 0 Å². The molecule has 1 aromatic carbocycles. The second kappa shape index (κ2) is 7.17. The molecule has 3 rings (SSSR count). The molecule has 2 amide bonds. The monoisotopic (exact) mass is 308 g/mol. The molecule has 0 bridgehead atoms. The van der Waals surface area contributed by atoms with E-state index in [9.17, 15) is 4.79 Å². The third-order valence-electron chi connectivity index (χ3n) is 3.26. The molecule has 0 atom stereocenters. The molecule has 0 spiro atoms. The molecule has 0 unspecified atom stereocenters. The average Bonchev–Trinajstić information content (AvgIpc) is 3.08. The molecule has 7 heteroatoms. The summed E-state index contributed by atoms with van der Waals surface area (Å²) < 4.78 is 1.85. The van der Waals surface area contributed by atoms with E-state index < -0.39 is 0 Å². The summed E-state index contributed by atoms with van der Waals surface area (Å²) in [5, 5.41) is 17.2. The number of rotatable bonds is 5. The number of amides is 2. The molecular formula is C16H16N6O. The first-order valence-electron chi connectivity index (χ1n) is 7.18. The lowest BCUT2D eigenvalue weighted by molar-refractivity contribution is 0.251. The third kappa shape index (κ3) is 4.13. The average molecular weight is 308 g/mol. The SMILES string of the molecule is O=C(NCc1ccccc1Cn1cccn1)Nc1cccnn1. The lowest BCUT2D eigenvalue weighted by Gasteiger charge is -2.11. The van der Waals surface area contributed by atoms with E-state index in [0.29, 0.717) is 18.9 Å². The van der Waals surface area contributed by atoms with Crippen LogP contribution in [0.1, 0.15) is 11.1 Å². The Balaban J connectivity index is 1.60. The number of benzene rings is 1. The fraction of sp³-hybridized carbons (Fsp3) is 0.125. The number of urea groups is 1. The number of nitrogens with one attached hydrogen (secondary N) is 2. The molecule has 116 valence electrons. The quantitative estimate of drug-likeness (QED) is 0.755. The molecule has 0 radical (unpaired) electrons. The molecule has 0 saturated heterocycles. The number of hydrogen-bond donors (Lipinski definition) is 2. The summed E-state index contributed by atoms with van der Waals surface area (Å²) in [5.41, 5.74) is 2.15. The molecule has 2 heterocycles. The summed E-state index contributed by atoms with van der Waals surface area (Å²) in [5.74, 6) is 0.412. The molecular weight excluding hydrogens is 292 g/mol. The molecule has 0 aliphatic rings. The summed E-state index contributed by atoms with van der Waals surface area (Å²) in [6.45, 7) is 1.08. The Kier molecular flexibility index (Phi) is 4.58. The second-order valence-corrected chi connectivity index (χ2v) is 4.89. The van der Waals surface area contributed by atoms with Gasteiger partial charge in [0.1, 0.15) is 0 Å². The first-order chi connectivity index (χ1) is 11.3. The van der Waals surface area contributed by atoms with Crippen molar-refractivity contribution >= 4 is 11.8 Å². The van der Waals surface area contributed by atoms with Crippen molar-refractivity contribution in [1.82, 2.24) is 25.3 Å². The Morgan fingerprint density at radius 2 is 1.91 bits per heavy atom. The first kappa shape index (κ1) is 14.7. The highest BCUT2D eigenvalue weighted by molar-refractivity contribution is 5.87. The molecule has 2 N–H and O–H groups in total. The largest absolute Gasteiger partial charge is 0.334 e. The van der Waals surface area contributed by atoms with Gasteiger partial charge in [0.05, 0.1) is 6.54 Å². The maximum atomic E-state index is 11.9. The lowest BCUT2D eigenvalue weighted by atomic mass is 10.1. The Labute approximate surface area is 133 Å². The van der Waals surface area contributed by atoms with Crippen molar-refractivity contribution in [3.63, 3.8) is 0 Å². The molecule has 0 aliphatic heterocycles. The van der Waals surface area contributed by atoms with Crippen LogP contribution in [0.2, 0.25) is 0 Å². The molecule has 2 aromatic heterocycles. The lowest BCUT2D eigenvalue weighted by Crippen LogP contribution is -2.29. The summed E-state index contributed by atoms with van der Waals surface area (Å²) in [4.78, 5) is 11.9. The smallest absolute Gasteiger partial charge is 0.320 e. The Hall–Kier alpha value is -3.22. The van der Waals surface area contributed by atoms with Crippen LogP contribution in [0.4, 0.5) is 10.6 Å².